The molecule has 0 N–H and O–H groups in total. The Morgan fingerprint density at radius 3 is 2.60 bits per heavy atom. The van der Waals surface area contributed by atoms with E-state index in [1.54, 1.807) is 0 Å². The molecule has 1 aliphatic rings. The average molecular weight is 213 g/mol. The molecule has 1 aliphatic heterocycles. The molecule has 3 nitrogen and oxygen atoms in total. The minimum absolute atomic E-state index is 0.419. The van der Waals surface area contributed by atoms with Gasteiger partial charge in [-0.1, -0.05) is 13.8 Å². The van der Waals surface area contributed by atoms with Crippen molar-refractivity contribution in [2.75, 3.05) is 32.8 Å². The van der Waals surface area contributed by atoms with Crippen LogP contribution in [0.1, 0.15) is 33.1 Å². The monoisotopic (exact) mass is 213 g/mol. The van der Waals surface area contributed by atoms with Gasteiger partial charge in [0.1, 0.15) is 5.78 Å². The third-order valence-corrected chi connectivity index (χ3v) is 2.63. The standard InChI is InChI=1S/C12H23NO2/c1-11(2)10-15-9-3-6-13-7-4-12(14)5-8-13/h11H,3-10H2,1-2H3. The molecule has 1 fully saturated rings. The third-order valence-electron chi connectivity index (χ3n) is 2.63. The molecule has 0 unspecified atom stereocenters. The predicted molar refractivity (Wildman–Crippen MR) is 61.0 cm³/mol. The molecule has 3 heteroatoms. The van der Waals surface area contributed by atoms with E-state index in [1.807, 2.05) is 0 Å². The summed E-state index contributed by atoms with van der Waals surface area (Å²) in [7, 11) is 0. The van der Waals surface area contributed by atoms with Crippen molar-refractivity contribution in [1.29, 1.82) is 0 Å². The van der Waals surface area contributed by atoms with E-state index in [9.17, 15) is 4.79 Å². The number of likely N-dealkylation sites (tertiary alicyclic amines) is 1. The van der Waals surface area contributed by atoms with Crippen LogP contribution in [0.5, 0.6) is 0 Å². The number of hydrogen-bond acceptors (Lipinski definition) is 3. The topological polar surface area (TPSA) is 29.5 Å². The highest BCUT2D eigenvalue weighted by Gasteiger charge is 2.14. The maximum absolute atomic E-state index is 11.0. The molecule has 1 rings (SSSR count). The van der Waals surface area contributed by atoms with E-state index in [0.29, 0.717) is 11.7 Å². The number of nitrogens with zero attached hydrogens (tertiary/aromatic N) is 1. The molecular weight excluding hydrogens is 190 g/mol. The van der Waals surface area contributed by atoms with Crippen molar-refractivity contribution in [3.05, 3.63) is 0 Å². The lowest BCUT2D eigenvalue weighted by Gasteiger charge is -2.25. The Morgan fingerprint density at radius 2 is 2.00 bits per heavy atom. The van der Waals surface area contributed by atoms with Gasteiger partial charge < -0.3 is 9.64 Å². The Bertz CT molecular complexity index is 182. The molecule has 0 aromatic heterocycles. The van der Waals surface area contributed by atoms with Crippen molar-refractivity contribution in [3.8, 4) is 0 Å². The minimum atomic E-state index is 0.419. The maximum atomic E-state index is 11.0. The smallest absolute Gasteiger partial charge is 0.135 e. The largest absolute Gasteiger partial charge is 0.381 e. The molecule has 0 bridgehead atoms. The van der Waals surface area contributed by atoms with E-state index >= 15 is 0 Å². The zero-order valence-electron chi connectivity index (χ0n) is 10.00. The molecule has 0 aliphatic carbocycles. The second-order valence-electron chi connectivity index (χ2n) is 4.70. The van der Waals surface area contributed by atoms with Gasteiger partial charge in [-0.15, -0.1) is 0 Å². The summed E-state index contributed by atoms with van der Waals surface area (Å²) in [5.74, 6) is 1.04. The van der Waals surface area contributed by atoms with Gasteiger partial charge in [-0.2, -0.15) is 0 Å². The number of hydrogen-bond donors (Lipinski definition) is 0. The van der Waals surface area contributed by atoms with Crippen LogP contribution in [0.3, 0.4) is 0 Å². The summed E-state index contributed by atoms with van der Waals surface area (Å²) in [5, 5.41) is 0. The van der Waals surface area contributed by atoms with Crippen molar-refractivity contribution < 1.29 is 9.53 Å². The zero-order valence-corrected chi connectivity index (χ0v) is 10.00. The normalized spacial score (nSPS) is 18.7. The van der Waals surface area contributed by atoms with E-state index in [0.717, 1.165) is 52.1 Å². The van der Waals surface area contributed by atoms with E-state index < -0.39 is 0 Å². The summed E-state index contributed by atoms with van der Waals surface area (Å²) in [4.78, 5) is 13.4. The fraction of sp³-hybridized carbons (Fsp3) is 0.917. The van der Waals surface area contributed by atoms with E-state index in [4.69, 9.17) is 4.74 Å². The lowest BCUT2D eigenvalue weighted by molar-refractivity contribution is -0.121. The van der Waals surface area contributed by atoms with Gasteiger partial charge in [0.05, 0.1) is 0 Å². The quantitative estimate of drug-likeness (QED) is 0.629. The highest BCUT2D eigenvalue weighted by atomic mass is 16.5. The molecule has 0 aromatic carbocycles. The predicted octanol–water partition coefficient (Wildman–Crippen LogP) is 1.71. The third kappa shape index (κ3) is 5.90. The Labute approximate surface area is 92.8 Å². The van der Waals surface area contributed by atoms with Gasteiger partial charge in [-0.25, -0.2) is 0 Å². The number of piperidine rings is 1. The number of carbonyl (C=O) groups is 1. The molecule has 1 saturated heterocycles. The van der Waals surface area contributed by atoms with Crippen molar-refractivity contribution >= 4 is 5.78 Å². The van der Waals surface area contributed by atoms with Crippen LogP contribution in [0.15, 0.2) is 0 Å². The first-order chi connectivity index (χ1) is 7.18. The van der Waals surface area contributed by atoms with Crippen LogP contribution in [0.4, 0.5) is 0 Å². The Kier molecular flexibility index (Phi) is 5.88. The lowest BCUT2D eigenvalue weighted by Crippen LogP contribution is -2.34. The number of ether oxygens (including phenoxy) is 1. The molecule has 0 saturated carbocycles. The second-order valence-corrected chi connectivity index (χ2v) is 4.70. The van der Waals surface area contributed by atoms with Gasteiger partial charge >= 0.3 is 0 Å². The van der Waals surface area contributed by atoms with Crippen LogP contribution in [0, 0.1) is 5.92 Å². The zero-order chi connectivity index (χ0) is 11.1. The maximum Gasteiger partial charge on any atom is 0.135 e. The fourth-order valence-electron chi connectivity index (χ4n) is 1.74. The first kappa shape index (κ1) is 12.7. The van der Waals surface area contributed by atoms with Crippen molar-refractivity contribution in [3.63, 3.8) is 0 Å². The van der Waals surface area contributed by atoms with Gasteiger partial charge in [0.2, 0.25) is 0 Å². The summed E-state index contributed by atoms with van der Waals surface area (Å²) < 4.78 is 5.51. The van der Waals surface area contributed by atoms with E-state index in [2.05, 4.69) is 18.7 Å². The molecule has 0 amide bonds. The van der Waals surface area contributed by atoms with Crippen LogP contribution >= 0.6 is 0 Å². The summed E-state index contributed by atoms with van der Waals surface area (Å²) in [6, 6.07) is 0. The highest BCUT2D eigenvalue weighted by molar-refractivity contribution is 5.79. The molecule has 1 heterocycles. The van der Waals surface area contributed by atoms with Gasteiger partial charge in [-0.3, -0.25) is 4.79 Å². The van der Waals surface area contributed by atoms with Gasteiger partial charge in [0.25, 0.3) is 0 Å². The molecule has 15 heavy (non-hydrogen) atoms. The van der Waals surface area contributed by atoms with E-state index in [1.165, 1.54) is 0 Å². The first-order valence-corrected chi connectivity index (χ1v) is 6.00. The van der Waals surface area contributed by atoms with Gasteiger partial charge in [0, 0.05) is 45.7 Å². The molecular formula is C12H23NO2. The fourth-order valence-corrected chi connectivity index (χ4v) is 1.74. The first-order valence-electron chi connectivity index (χ1n) is 6.00. The van der Waals surface area contributed by atoms with Crippen LogP contribution in [-0.2, 0) is 9.53 Å². The average Bonchev–Trinajstić information content (AvgIpc) is 2.20. The second kappa shape index (κ2) is 6.96. The Balaban J connectivity index is 1.94. The molecule has 0 radical (unpaired) electrons. The number of Topliss-reactive ketones (excluding diaryl/α,β-unsaturated/α-hetero) is 1. The summed E-state index contributed by atoms with van der Waals surface area (Å²) in [5.41, 5.74) is 0. The van der Waals surface area contributed by atoms with Crippen molar-refractivity contribution in [1.82, 2.24) is 4.90 Å². The highest BCUT2D eigenvalue weighted by Crippen LogP contribution is 2.06. The van der Waals surface area contributed by atoms with Crippen LogP contribution in [0.2, 0.25) is 0 Å². The summed E-state index contributed by atoms with van der Waals surface area (Å²) in [6.45, 7) is 9.00. The Morgan fingerprint density at radius 1 is 1.33 bits per heavy atom. The molecule has 0 aromatic rings. The Hall–Kier alpha value is -0.410. The van der Waals surface area contributed by atoms with Gasteiger partial charge in [0.15, 0.2) is 0 Å². The SMILES string of the molecule is CC(C)COCCCN1CCC(=O)CC1. The minimum Gasteiger partial charge on any atom is -0.381 e. The van der Waals surface area contributed by atoms with Gasteiger partial charge in [-0.05, 0) is 12.3 Å². The van der Waals surface area contributed by atoms with Crippen LogP contribution < -0.4 is 0 Å². The molecule has 0 atom stereocenters. The molecule has 0 spiro atoms. The summed E-state index contributed by atoms with van der Waals surface area (Å²) >= 11 is 0. The molecule has 88 valence electrons. The van der Waals surface area contributed by atoms with Crippen molar-refractivity contribution in [2.24, 2.45) is 5.92 Å². The van der Waals surface area contributed by atoms with E-state index in [-0.39, 0.29) is 0 Å². The van der Waals surface area contributed by atoms with Crippen LogP contribution in [0.25, 0.3) is 0 Å². The summed E-state index contributed by atoms with van der Waals surface area (Å²) in [6.07, 6.45) is 2.57. The lowest BCUT2D eigenvalue weighted by atomic mass is 10.1. The van der Waals surface area contributed by atoms with Crippen molar-refractivity contribution in [2.45, 2.75) is 33.1 Å². The number of rotatable bonds is 6. The number of ketones is 1. The number of carbonyl (C=O) groups excluding carboxylic acids is 1. The van der Waals surface area contributed by atoms with Crippen LogP contribution in [-0.4, -0.2) is 43.5 Å².